The Balaban J connectivity index is 2.79. The molecule has 0 fully saturated rings. The third-order valence-electron chi connectivity index (χ3n) is 2.99. The van der Waals surface area contributed by atoms with Crippen molar-refractivity contribution in [1.82, 2.24) is 10.3 Å². The van der Waals surface area contributed by atoms with Gasteiger partial charge in [0.2, 0.25) is 0 Å². The molecule has 2 nitrogen and oxygen atoms in total. The van der Waals surface area contributed by atoms with Crippen LogP contribution in [0.2, 0.25) is 0 Å². The summed E-state index contributed by atoms with van der Waals surface area (Å²) >= 11 is 0. The van der Waals surface area contributed by atoms with Crippen molar-refractivity contribution in [3.05, 3.63) is 29.6 Å². The van der Waals surface area contributed by atoms with Crippen molar-refractivity contribution in [1.29, 1.82) is 0 Å². The van der Waals surface area contributed by atoms with Crippen LogP contribution in [0, 0.1) is 5.92 Å². The van der Waals surface area contributed by atoms with Crippen LogP contribution in [0.25, 0.3) is 0 Å². The van der Waals surface area contributed by atoms with Crippen molar-refractivity contribution >= 4 is 0 Å². The minimum atomic E-state index is -4.37. The van der Waals surface area contributed by atoms with E-state index in [2.05, 4.69) is 31.1 Å². The summed E-state index contributed by atoms with van der Waals surface area (Å²) in [6.07, 6.45) is -2.86. The van der Waals surface area contributed by atoms with Crippen LogP contribution in [0.1, 0.15) is 38.6 Å². The Labute approximate surface area is 112 Å². The molecule has 1 heterocycles. The van der Waals surface area contributed by atoms with E-state index >= 15 is 0 Å². The maximum atomic E-state index is 12.6. The van der Waals surface area contributed by atoms with E-state index in [9.17, 15) is 13.2 Å². The number of nitrogens with zero attached hydrogens (tertiary/aromatic N) is 1. The minimum Gasteiger partial charge on any atom is -0.313 e. The lowest BCUT2D eigenvalue weighted by Gasteiger charge is -2.22. The van der Waals surface area contributed by atoms with E-state index in [4.69, 9.17) is 0 Å². The van der Waals surface area contributed by atoms with E-state index in [0.717, 1.165) is 19.0 Å². The predicted octanol–water partition coefficient (Wildman–Crippen LogP) is 3.67. The molecule has 0 saturated heterocycles. The Bertz CT molecular complexity index is 389. The lowest BCUT2D eigenvalue weighted by atomic mass is 9.98. The molecule has 0 spiro atoms. The quantitative estimate of drug-likeness (QED) is 0.856. The molecule has 1 N–H and O–H groups in total. The molecule has 0 bridgehead atoms. The summed E-state index contributed by atoms with van der Waals surface area (Å²) in [6, 6.07) is 4.23. The van der Waals surface area contributed by atoms with Gasteiger partial charge in [-0.3, -0.25) is 0 Å². The van der Waals surface area contributed by atoms with Gasteiger partial charge in [0.25, 0.3) is 0 Å². The lowest BCUT2D eigenvalue weighted by Crippen LogP contribution is -2.36. The molecule has 1 atom stereocenters. The molecule has 0 amide bonds. The lowest BCUT2D eigenvalue weighted by molar-refractivity contribution is -0.141. The summed E-state index contributed by atoms with van der Waals surface area (Å²) in [7, 11) is 0. The number of hydrogen-bond donors (Lipinski definition) is 1. The molecule has 1 unspecified atom stereocenters. The standard InChI is InChI=1S/C14H21F3N2/c1-4-8-18-12(10(2)3)9-11-6-5-7-13(19-11)14(15,16)17/h5-7,10,12,18H,4,8-9H2,1-3H3. The molecule has 5 heteroatoms. The molecule has 0 aliphatic rings. The number of alkyl halides is 3. The summed E-state index contributed by atoms with van der Waals surface area (Å²) in [5, 5.41) is 3.35. The van der Waals surface area contributed by atoms with Gasteiger partial charge in [-0.1, -0.05) is 26.8 Å². The van der Waals surface area contributed by atoms with Crippen molar-refractivity contribution in [3.8, 4) is 0 Å². The van der Waals surface area contributed by atoms with Gasteiger partial charge in [-0.25, -0.2) is 4.98 Å². The molecule has 0 aromatic carbocycles. The number of rotatable bonds is 6. The summed E-state index contributed by atoms with van der Waals surface area (Å²) in [5.41, 5.74) is -0.333. The first kappa shape index (κ1) is 16.0. The van der Waals surface area contributed by atoms with Crippen LogP contribution in [-0.2, 0) is 12.6 Å². The van der Waals surface area contributed by atoms with E-state index in [-0.39, 0.29) is 6.04 Å². The summed E-state index contributed by atoms with van der Waals surface area (Å²) in [5.74, 6) is 0.350. The highest BCUT2D eigenvalue weighted by Crippen LogP contribution is 2.27. The Kier molecular flexibility index (Phi) is 5.79. The number of pyridine rings is 1. The average Bonchev–Trinajstić information content (AvgIpc) is 2.33. The maximum absolute atomic E-state index is 12.6. The molecule has 108 valence electrons. The van der Waals surface area contributed by atoms with Crippen molar-refractivity contribution < 1.29 is 13.2 Å². The second kappa shape index (κ2) is 6.89. The Morgan fingerprint density at radius 2 is 1.95 bits per heavy atom. The minimum absolute atomic E-state index is 0.149. The second-order valence-electron chi connectivity index (χ2n) is 5.02. The zero-order valence-electron chi connectivity index (χ0n) is 11.6. The molecule has 1 aromatic heterocycles. The van der Waals surface area contributed by atoms with Gasteiger partial charge >= 0.3 is 6.18 Å². The van der Waals surface area contributed by atoms with Crippen LogP contribution in [0.3, 0.4) is 0 Å². The SMILES string of the molecule is CCCNC(Cc1cccc(C(F)(F)F)n1)C(C)C. The van der Waals surface area contributed by atoms with Crippen LogP contribution in [0.4, 0.5) is 13.2 Å². The molecule has 1 rings (SSSR count). The molecular formula is C14H21F3N2. The molecule has 1 aromatic rings. The van der Waals surface area contributed by atoms with Crippen LogP contribution in [-0.4, -0.2) is 17.6 Å². The van der Waals surface area contributed by atoms with Crippen LogP contribution < -0.4 is 5.32 Å². The topological polar surface area (TPSA) is 24.9 Å². The van der Waals surface area contributed by atoms with E-state index in [0.29, 0.717) is 18.0 Å². The fourth-order valence-corrected chi connectivity index (χ4v) is 1.85. The van der Waals surface area contributed by atoms with Gasteiger partial charge in [-0.15, -0.1) is 0 Å². The first-order valence-electron chi connectivity index (χ1n) is 6.61. The second-order valence-corrected chi connectivity index (χ2v) is 5.02. The first-order valence-corrected chi connectivity index (χ1v) is 6.61. The van der Waals surface area contributed by atoms with E-state index in [1.54, 1.807) is 6.07 Å². The highest BCUT2D eigenvalue weighted by molar-refractivity contribution is 5.14. The van der Waals surface area contributed by atoms with Gasteiger partial charge in [0.1, 0.15) is 5.69 Å². The van der Waals surface area contributed by atoms with Gasteiger partial charge in [0.05, 0.1) is 0 Å². The van der Waals surface area contributed by atoms with Crippen LogP contribution in [0.15, 0.2) is 18.2 Å². The molecule has 19 heavy (non-hydrogen) atoms. The number of aromatic nitrogens is 1. The molecular weight excluding hydrogens is 253 g/mol. The highest BCUT2D eigenvalue weighted by atomic mass is 19.4. The smallest absolute Gasteiger partial charge is 0.313 e. The molecule has 0 aliphatic carbocycles. The number of hydrogen-bond acceptors (Lipinski definition) is 2. The Morgan fingerprint density at radius 3 is 2.47 bits per heavy atom. The molecule has 0 saturated carbocycles. The van der Waals surface area contributed by atoms with Gasteiger partial charge in [0, 0.05) is 18.2 Å². The summed E-state index contributed by atoms with van der Waals surface area (Å²) < 4.78 is 37.8. The third kappa shape index (κ3) is 5.19. The van der Waals surface area contributed by atoms with E-state index in [1.165, 1.54) is 6.07 Å². The normalized spacial score (nSPS) is 13.8. The van der Waals surface area contributed by atoms with E-state index in [1.807, 2.05) is 0 Å². The van der Waals surface area contributed by atoms with Gasteiger partial charge in [0.15, 0.2) is 0 Å². The summed E-state index contributed by atoms with van der Waals surface area (Å²) in [6.45, 7) is 7.04. The number of halogens is 3. The van der Waals surface area contributed by atoms with Crippen molar-refractivity contribution in [2.75, 3.05) is 6.54 Å². The monoisotopic (exact) mass is 274 g/mol. The van der Waals surface area contributed by atoms with Gasteiger partial charge in [-0.2, -0.15) is 13.2 Å². The predicted molar refractivity (Wildman–Crippen MR) is 69.9 cm³/mol. The van der Waals surface area contributed by atoms with Crippen molar-refractivity contribution in [3.63, 3.8) is 0 Å². The van der Waals surface area contributed by atoms with Crippen molar-refractivity contribution in [2.24, 2.45) is 5.92 Å². The zero-order chi connectivity index (χ0) is 14.5. The maximum Gasteiger partial charge on any atom is 0.433 e. The third-order valence-corrected chi connectivity index (χ3v) is 2.99. The average molecular weight is 274 g/mol. The van der Waals surface area contributed by atoms with Gasteiger partial charge < -0.3 is 5.32 Å². The fourth-order valence-electron chi connectivity index (χ4n) is 1.85. The molecule has 0 aliphatic heterocycles. The van der Waals surface area contributed by atoms with Crippen LogP contribution in [0.5, 0.6) is 0 Å². The first-order chi connectivity index (χ1) is 8.84. The van der Waals surface area contributed by atoms with Crippen molar-refractivity contribution in [2.45, 2.75) is 45.8 Å². The zero-order valence-corrected chi connectivity index (χ0v) is 11.6. The van der Waals surface area contributed by atoms with Gasteiger partial charge in [-0.05, 0) is 31.0 Å². The summed E-state index contributed by atoms with van der Waals surface area (Å²) in [4.78, 5) is 3.71. The molecule has 0 radical (unpaired) electrons. The highest BCUT2D eigenvalue weighted by Gasteiger charge is 2.32. The van der Waals surface area contributed by atoms with E-state index < -0.39 is 11.9 Å². The largest absolute Gasteiger partial charge is 0.433 e. The number of nitrogens with one attached hydrogen (secondary N) is 1. The fraction of sp³-hybridized carbons (Fsp3) is 0.643. The Hall–Kier alpha value is -1.10. The van der Waals surface area contributed by atoms with Crippen LogP contribution >= 0.6 is 0 Å². The Morgan fingerprint density at radius 1 is 1.26 bits per heavy atom.